The van der Waals surface area contributed by atoms with E-state index in [1.165, 1.54) is 11.8 Å². The molecule has 0 atom stereocenters. The Morgan fingerprint density at radius 1 is 1.50 bits per heavy atom. The molecule has 0 fully saturated rings. The zero-order valence-electron chi connectivity index (χ0n) is 9.32. The van der Waals surface area contributed by atoms with E-state index in [4.69, 9.17) is 5.73 Å². The van der Waals surface area contributed by atoms with E-state index in [1.54, 1.807) is 13.0 Å². The highest BCUT2D eigenvalue weighted by molar-refractivity contribution is 7.98. The van der Waals surface area contributed by atoms with Crippen molar-refractivity contribution in [1.29, 1.82) is 0 Å². The molecule has 0 bridgehead atoms. The van der Waals surface area contributed by atoms with E-state index in [-0.39, 0.29) is 30.5 Å². The van der Waals surface area contributed by atoms with Crippen LogP contribution in [0.4, 0.5) is 0 Å². The fourth-order valence-electron chi connectivity index (χ4n) is 1.34. The molecule has 1 aromatic carbocycles. The number of Topliss-reactive ketones (excluding diaryl/α,β-unsaturated/α-hetero) is 1. The number of thioether (sulfide) groups is 1. The molecular weight excluding hydrogens is 246 g/mol. The molecule has 0 aliphatic heterocycles. The van der Waals surface area contributed by atoms with E-state index in [9.17, 15) is 9.90 Å². The Labute approximate surface area is 106 Å². The first-order chi connectivity index (χ1) is 7.13. The maximum absolute atomic E-state index is 11.6. The molecule has 3 nitrogen and oxygen atoms in total. The molecule has 16 heavy (non-hydrogen) atoms. The van der Waals surface area contributed by atoms with E-state index < -0.39 is 0 Å². The normalized spacial score (nSPS) is 9.69. The molecule has 90 valence electrons. The average Bonchev–Trinajstić information content (AvgIpc) is 2.28. The van der Waals surface area contributed by atoms with Gasteiger partial charge < -0.3 is 10.8 Å². The smallest absolute Gasteiger partial charge is 0.166 e. The quantitative estimate of drug-likeness (QED) is 0.646. The molecular formula is C11H16ClNO2S. The zero-order valence-corrected chi connectivity index (χ0v) is 11.0. The van der Waals surface area contributed by atoms with Crippen molar-refractivity contribution in [3.63, 3.8) is 0 Å². The van der Waals surface area contributed by atoms with Crippen LogP contribution in [-0.4, -0.2) is 17.1 Å². The van der Waals surface area contributed by atoms with Crippen molar-refractivity contribution >= 4 is 30.0 Å². The Hall–Kier alpha value is -0.710. The van der Waals surface area contributed by atoms with E-state index >= 15 is 0 Å². The van der Waals surface area contributed by atoms with Gasteiger partial charge in [-0.25, -0.2) is 0 Å². The van der Waals surface area contributed by atoms with Crippen LogP contribution < -0.4 is 5.73 Å². The lowest BCUT2D eigenvalue weighted by Gasteiger charge is -2.09. The first-order valence-electron chi connectivity index (χ1n) is 4.77. The number of phenols is 1. The summed E-state index contributed by atoms with van der Waals surface area (Å²) >= 11 is 1.53. The van der Waals surface area contributed by atoms with E-state index in [2.05, 4.69) is 0 Å². The molecule has 0 aromatic heterocycles. The third-order valence-corrected chi connectivity index (χ3v) is 2.95. The monoisotopic (exact) mass is 261 g/mol. The van der Waals surface area contributed by atoms with Crippen LogP contribution in [0.2, 0.25) is 0 Å². The van der Waals surface area contributed by atoms with Gasteiger partial charge in [-0.3, -0.25) is 4.79 Å². The van der Waals surface area contributed by atoms with Gasteiger partial charge in [0.1, 0.15) is 5.75 Å². The predicted octanol–water partition coefficient (Wildman–Crippen LogP) is 2.59. The van der Waals surface area contributed by atoms with E-state index in [0.29, 0.717) is 17.5 Å². The third kappa shape index (κ3) is 3.14. The summed E-state index contributed by atoms with van der Waals surface area (Å²) in [6, 6.07) is 3.53. The van der Waals surface area contributed by atoms with Gasteiger partial charge in [0.2, 0.25) is 0 Å². The van der Waals surface area contributed by atoms with E-state index in [0.717, 1.165) is 4.90 Å². The van der Waals surface area contributed by atoms with Gasteiger partial charge >= 0.3 is 0 Å². The SMILES string of the molecule is CCC(=O)c1cc(SC)cc(CN)c1O.Cl. The van der Waals surface area contributed by atoms with Crippen LogP contribution in [-0.2, 0) is 6.54 Å². The first-order valence-corrected chi connectivity index (χ1v) is 5.99. The molecule has 3 N–H and O–H groups in total. The molecule has 0 spiro atoms. The molecule has 1 aromatic rings. The average molecular weight is 262 g/mol. The topological polar surface area (TPSA) is 63.3 Å². The van der Waals surface area contributed by atoms with Gasteiger partial charge in [0.25, 0.3) is 0 Å². The Bertz CT molecular complexity index is 382. The summed E-state index contributed by atoms with van der Waals surface area (Å²) in [4.78, 5) is 12.5. The van der Waals surface area contributed by atoms with Crippen molar-refractivity contribution in [2.24, 2.45) is 5.73 Å². The number of halogens is 1. The van der Waals surface area contributed by atoms with Gasteiger partial charge in [0.15, 0.2) is 5.78 Å². The maximum Gasteiger partial charge on any atom is 0.166 e. The number of phenolic OH excluding ortho intramolecular Hbond substituents is 1. The summed E-state index contributed by atoms with van der Waals surface area (Å²) in [7, 11) is 0. The summed E-state index contributed by atoms with van der Waals surface area (Å²) in [6.07, 6.45) is 2.31. The van der Waals surface area contributed by atoms with Crippen LogP contribution in [0.15, 0.2) is 17.0 Å². The number of nitrogens with two attached hydrogens (primary N) is 1. The molecule has 0 unspecified atom stereocenters. The van der Waals surface area contributed by atoms with Crippen LogP contribution >= 0.6 is 24.2 Å². The second kappa shape index (κ2) is 6.78. The van der Waals surface area contributed by atoms with Gasteiger partial charge in [-0.1, -0.05) is 6.92 Å². The Morgan fingerprint density at radius 3 is 2.56 bits per heavy atom. The number of carbonyl (C=O) groups is 1. The minimum Gasteiger partial charge on any atom is -0.507 e. The summed E-state index contributed by atoms with van der Waals surface area (Å²) in [6.45, 7) is 2.01. The summed E-state index contributed by atoms with van der Waals surface area (Å²) in [5.74, 6) is -0.0275. The summed E-state index contributed by atoms with van der Waals surface area (Å²) in [5, 5.41) is 9.80. The Balaban J connectivity index is 0.00000225. The number of aromatic hydroxyl groups is 1. The third-order valence-electron chi connectivity index (χ3n) is 2.24. The Morgan fingerprint density at radius 2 is 2.12 bits per heavy atom. The van der Waals surface area contributed by atoms with Crippen molar-refractivity contribution in [3.8, 4) is 5.75 Å². The van der Waals surface area contributed by atoms with Crippen LogP contribution in [0.5, 0.6) is 5.75 Å². The number of rotatable bonds is 4. The van der Waals surface area contributed by atoms with Crippen LogP contribution in [0, 0.1) is 0 Å². The minimum atomic E-state index is -0.0573. The Kier molecular flexibility index (Phi) is 6.48. The lowest BCUT2D eigenvalue weighted by atomic mass is 10.0. The van der Waals surface area contributed by atoms with Crippen molar-refractivity contribution < 1.29 is 9.90 Å². The molecule has 0 aliphatic carbocycles. The standard InChI is InChI=1S/C11H15NO2S.ClH/c1-3-10(13)9-5-8(15-2)4-7(6-12)11(9)14;/h4-5,14H,3,6,12H2,1-2H3;1H. The second-order valence-electron chi connectivity index (χ2n) is 3.16. The van der Waals surface area contributed by atoms with Crippen molar-refractivity contribution in [3.05, 3.63) is 23.3 Å². The van der Waals surface area contributed by atoms with Crippen molar-refractivity contribution in [2.75, 3.05) is 6.26 Å². The molecule has 1 rings (SSSR count). The number of ketones is 1. The zero-order chi connectivity index (χ0) is 11.4. The fourth-order valence-corrected chi connectivity index (χ4v) is 1.84. The van der Waals surface area contributed by atoms with Gasteiger partial charge in [0.05, 0.1) is 5.56 Å². The highest BCUT2D eigenvalue weighted by Gasteiger charge is 2.13. The number of hydrogen-bond donors (Lipinski definition) is 2. The van der Waals surface area contributed by atoms with Gasteiger partial charge in [-0.05, 0) is 18.4 Å². The van der Waals surface area contributed by atoms with Crippen LogP contribution in [0.1, 0.15) is 29.3 Å². The second-order valence-corrected chi connectivity index (χ2v) is 4.04. The number of carbonyl (C=O) groups excluding carboxylic acids is 1. The molecule has 0 amide bonds. The largest absolute Gasteiger partial charge is 0.507 e. The minimum absolute atomic E-state index is 0. The van der Waals surface area contributed by atoms with Gasteiger partial charge in [0, 0.05) is 23.4 Å². The fraction of sp³-hybridized carbons (Fsp3) is 0.364. The van der Waals surface area contributed by atoms with Gasteiger partial charge in [-0.2, -0.15) is 0 Å². The van der Waals surface area contributed by atoms with Crippen molar-refractivity contribution in [2.45, 2.75) is 24.8 Å². The van der Waals surface area contributed by atoms with Gasteiger partial charge in [-0.15, -0.1) is 24.2 Å². The lowest BCUT2D eigenvalue weighted by molar-refractivity contribution is 0.0985. The molecule has 0 radical (unpaired) electrons. The number of benzene rings is 1. The summed E-state index contributed by atoms with van der Waals surface area (Å²) < 4.78 is 0. The number of hydrogen-bond acceptors (Lipinski definition) is 4. The summed E-state index contributed by atoms with van der Waals surface area (Å²) in [5.41, 5.74) is 6.51. The predicted molar refractivity (Wildman–Crippen MR) is 69.6 cm³/mol. The molecule has 0 saturated heterocycles. The molecule has 5 heteroatoms. The van der Waals surface area contributed by atoms with Crippen molar-refractivity contribution in [1.82, 2.24) is 0 Å². The first kappa shape index (κ1) is 15.3. The lowest BCUT2D eigenvalue weighted by Crippen LogP contribution is -2.03. The molecule has 0 heterocycles. The van der Waals surface area contributed by atoms with Crippen LogP contribution in [0.25, 0.3) is 0 Å². The van der Waals surface area contributed by atoms with E-state index in [1.807, 2.05) is 12.3 Å². The molecule has 0 saturated carbocycles. The highest BCUT2D eigenvalue weighted by Crippen LogP contribution is 2.29. The van der Waals surface area contributed by atoms with Crippen LogP contribution in [0.3, 0.4) is 0 Å². The highest BCUT2D eigenvalue weighted by atomic mass is 35.5. The molecule has 0 aliphatic rings. The maximum atomic E-state index is 11.6.